The van der Waals surface area contributed by atoms with Gasteiger partial charge in [-0.3, -0.25) is 4.79 Å². The van der Waals surface area contributed by atoms with E-state index in [0.29, 0.717) is 18.5 Å². The summed E-state index contributed by atoms with van der Waals surface area (Å²) in [5.74, 6) is 0.687. The number of nitrogens with one attached hydrogen (secondary N) is 1. The molecule has 2 saturated heterocycles. The minimum atomic E-state index is -0.529. The Hall–Kier alpha value is -3.08. The summed E-state index contributed by atoms with van der Waals surface area (Å²) in [7, 11) is 0. The van der Waals surface area contributed by atoms with Gasteiger partial charge in [0.1, 0.15) is 23.1 Å². The van der Waals surface area contributed by atoms with E-state index in [-0.39, 0.29) is 23.8 Å². The molecule has 1 saturated carbocycles. The maximum atomic E-state index is 12.8. The highest BCUT2D eigenvalue weighted by Gasteiger charge is 2.41. The molecule has 1 aromatic heterocycles. The first-order valence-electron chi connectivity index (χ1n) is 12.3. The monoisotopic (exact) mass is 463 g/mol. The van der Waals surface area contributed by atoms with E-state index in [0.717, 1.165) is 48.6 Å². The molecule has 5 rings (SSSR count). The number of nitrogens with zero attached hydrogens (tertiary/aromatic N) is 4. The van der Waals surface area contributed by atoms with E-state index in [2.05, 4.69) is 26.2 Å². The molecule has 0 bridgehead atoms. The Bertz CT molecular complexity index is 1080. The molecule has 0 radical (unpaired) electrons. The van der Waals surface area contributed by atoms with Gasteiger partial charge in [-0.05, 0) is 63.5 Å². The van der Waals surface area contributed by atoms with E-state index in [4.69, 9.17) is 4.74 Å². The van der Waals surface area contributed by atoms with Gasteiger partial charge >= 0.3 is 6.09 Å². The Balaban J connectivity index is 1.32. The smallest absolute Gasteiger partial charge is 0.407 e. The first kappa shape index (κ1) is 22.7. The number of likely N-dealkylation sites (tertiary alicyclic amines) is 1. The lowest BCUT2D eigenvalue weighted by atomic mass is 9.63. The molecular weight excluding hydrogens is 430 g/mol. The number of hydrogen-bond acceptors (Lipinski definition) is 7. The zero-order valence-electron chi connectivity index (χ0n) is 20.3. The van der Waals surface area contributed by atoms with Crippen molar-refractivity contribution in [1.29, 1.82) is 5.26 Å². The highest BCUT2D eigenvalue weighted by molar-refractivity contribution is 6.10. The van der Waals surface area contributed by atoms with Crippen LogP contribution in [0.4, 0.5) is 10.6 Å². The Kier molecular flexibility index (Phi) is 5.54. The molecule has 4 aliphatic rings. The summed E-state index contributed by atoms with van der Waals surface area (Å²) in [6, 6.07) is 4.23. The predicted molar refractivity (Wildman–Crippen MR) is 128 cm³/mol. The van der Waals surface area contributed by atoms with Crippen LogP contribution in [-0.4, -0.2) is 59.6 Å². The Morgan fingerprint density at radius 1 is 1.21 bits per heavy atom. The number of pyridine rings is 1. The maximum absolute atomic E-state index is 12.8. The third kappa shape index (κ3) is 4.24. The second-order valence-corrected chi connectivity index (χ2v) is 11.2. The number of fused-ring (bicyclic) bond motifs is 1. The molecule has 3 fully saturated rings. The van der Waals surface area contributed by atoms with E-state index in [1.165, 1.54) is 19.3 Å². The van der Waals surface area contributed by atoms with Crippen LogP contribution in [0.3, 0.4) is 0 Å². The number of Topliss-reactive ketones (excluding diaryl/α,β-unsaturated/α-hetero) is 1. The number of hydrogen-bond donors (Lipinski definition) is 1. The number of aromatic nitrogens is 1. The number of alkyl carbamates (subject to hydrolysis) is 1. The number of ketones is 1. The molecule has 1 aromatic rings. The van der Waals surface area contributed by atoms with Gasteiger partial charge in [-0.2, -0.15) is 5.26 Å². The molecule has 2 aliphatic carbocycles. The summed E-state index contributed by atoms with van der Waals surface area (Å²) in [5, 5.41) is 12.7. The lowest BCUT2D eigenvalue weighted by molar-refractivity contribution is -0.114. The van der Waals surface area contributed by atoms with Crippen molar-refractivity contribution in [3.63, 3.8) is 0 Å². The van der Waals surface area contributed by atoms with Gasteiger partial charge in [-0.15, -0.1) is 0 Å². The van der Waals surface area contributed by atoms with Crippen molar-refractivity contribution in [2.45, 2.75) is 70.9 Å². The van der Waals surface area contributed by atoms with Crippen LogP contribution in [0.1, 0.15) is 64.0 Å². The fourth-order valence-corrected chi connectivity index (χ4v) is 5.59. The summed E-state index contributed by atoms with van der Waals surface area (Å²) < 4.78 is 5.34. The number of carbonyl (C=O) groups is 2. The molecular formula is C26H33N5O3. The molecule has 34 heavy (non-hydrogen) atoms. The first-order valence-corrected chi connectivity index (χ1v) is 12.3. The molecule has 1 N–H and O–H groups in total. The normalized spacial score (nSPS) is 22.0. The molecule has 180 valence electrons. The van der Waals surface area contributed by atoms with Crippen molar-refractivity contribution in [3.8, 4) is 6.07 Å². The zero-order valence-corrected chi connectivity index (χ0v) is 20.3. The lowest BCUT2D eigenvalue weighted by Gasteiger charge is -2.49. The maximum Gasteiger partial charge on any atom is 0.407 e. The second kappa shape index (κ2) is 8.30. The van der Waals surface area contributed by atoms with Gasteiger partial charge < -0.3 is 19.9 Å². The van der Waals surface area contributed by atoms with E-state index >= 15 is 0 Å². The lowest BCUT2D eigenvalue weighted by Crippen LogP contribution is -2.60. The average Bonchev–Trinajstić information content (AvgIpc) is 2.72. The summed E-state index contributed by atoms with van der Waals surface area (Å²) in [6.07, 6.45) is 7.78. The van der Waals surface area contributed by atoms with Crippen molar-refractivity contribution < 1.29 is 14.3 Å². The molecule has 8 nitrogen and oxygen atoms in total. The molecule has 3 heterocycles. The molecule has 1 amide bonds. The summed E-state index contributed by atoms with van der Waals surface area (Å²) >= 11 is 0. The van der Waals surface area contributed by atoms with E-state index < -0.39 is 11.7 Å². The third-order valence-corrected chi connectivity index (χ3v) is 7.69. The minimum Gasteiger partial charge on any atom is -0.444 e. The topological polar surface area (TPSA) is 98.6 Å². The first-order chi connectivity index (χ1) is 16.2. The average molecular weight is 464 g/mol. The van der Waals surface area contributed by atoms with Crippen LogP contribution < -0.4 is 10.2 Å². The minimum absolute atomic E-state index is 0.000275. The SMILES string of the molecule is CC(C)(C)OC(=O)NC1CN(c2cc3c(cn2)CC(=O)C(C#N)=C3N2CCC3(CCC3)CC2)C1. The molecule has 1 spiro atoms. The van der Waals surface area contributed by atoms with Gasteiger partial charge in [0.2, 0.25) is 0 Å². The van der Waals surface area contributed by atoms with Crippen LogP contribution in [0.25, 0.3) is 5.70 Å². The fraction of sp³-hybridized carbons (Fsp3) is 0.615. The zero-order chi connectivity index (χ0) is 24.1. The second-order valence-electron chi connectivity index (χ2n) is 11.2. The van der Waals surface area contributed by atoms with Crippen LogP contribution in [-0.2, 0) is 16.0 Å². The summed E-state index contributed by atoms with van der Waals surface area (Å²) in [4.78, 5) is 33.8. The number of ether oxygens (including phenoxy) is 1. The number of rotatable bonds is 3. The number of anilines is 1. The van der Waals surface area contributed by atoms with Crippen LogP contribution in [0.5, 0.6) is 0 Å². The molecule has 0 atom stereocenters. The van der Waals surface area contributed by atoms with E-state index in [9.17, 15) is 14.9 Å². The molecule has 0 unspecified atom stereocenters. The van der Waals surface area contributed by atoms with Gasteiger partial charge in [0.15, 0.2) is 5.78 Å². The molecule has 0 aromatic carbocycles. The number of piperidine rings is 1. The van der Waals surface area contributed by atoms with Crippen LogP contribution in [0, 0.1) is 16.7 Å². The molecule has 8 heteroatoms. The van der Waals surface area contributed by atoms with Crippen LogP contribution in [0.2, 0.25) is 0 Å². The predicted octanol–water partition coefficient (Wildman–Crippen LogP) is 3.42. The summed E-state index contributed by atoms with van der Waals surface area (Å²) in [5.41, 5.74) is 2.87. The number of amides is 1. The largest absolute Gasteiger partial charge is 0.444 e. The van der Waals surface area contributed by atoms with Gasteiger partial charge in [0.25, 0.3) is 0 Å². The van der Waals surface area contributed by atoms with Crippen molar-refractivity contribution in [2.24, 2.45) is 5.41 Å². The van der Waals surface area contributed by atoms with Crippen LogP contribution in [0.15, 0.2) is 17.8 Å². The van der Waals surface area contributed by atoms with E-state index in [1.54, 1.807) is 6.20 Å². The molecule has 2 aliphatic heterocycles. The van der Waals surface area contributed by atoms with Gasteiger partial charge in [0, 0.05) is 44.4 Å². The van der Waals surface area contributed by atoms with Crippen molar-refractivity contribution >= 4 is 23.4 Å². The fourth-order valence-electron chi connectivity index (χ4n) is 5.59. The van der Waals surface area contributed by atoms with Gasteiger partial charge in [0.05, 0.1) is 11.7 Å². The summed E-state index contributed by atoms with van der Waals surface area (Å²) in [6.45, 7) is 8.58. The van der Waals surface area contributed by atoms with Gasteiger partial charge in [-0.25, -0.2) is 9.78 Å². The van der Waals surface area contributed by atoms with Gasteiger partial charge in [-0.1, -0.05) is 6.42 Å². The Labute approximate surface area is 201 Å². The highest BCUT2D eigenvalue weighted by Crippen LogP contribution is 2.50. The quantitative estimate of drug-likeness (QED) is 0.733. The van der Waals surface area contributed by atoms with Crippen molar-refractivity contribution in [2.75, 3.05) is 31.1 Å². The number of nitriles is 1. The number of carbonyl (C=O) groups excluding carboxylic acids is 2. The Morgan fingerprint density at radius 2 is 1.91 bits per heavy atom. The van der Waals surface area contributed by atoms with Crippen LogP contribution >= 0.6 is 0 Å². The standard InChI is InChI=1S/C26H33N5O3/c1-25(2,3)34-24(33)29-18-15-31(16-18)22-12-19-17(14-28-22)11-21(32)20(13-27)23(19)30-9-7-26(8-10-30)5-4-6-26/h12,14,18H,4-11,15-16H2,1-3H3,(H,29,33). The highest BCUT2D eigenvalue weighted by atomic mass is 16.6. The Morgan fingerprint density at radius 3 is 2.50 bits per heavy atom. The van der Waals surface area contributed by atoms with Crippen molar-refractivity contribution in [3.05, 3.63) is 29.0 Å². The number of allylic oxidation sites excluding steroid dienone is 1. The third-order valence-electron chi connectivity index (χ3n) is 7.69. The van der Waals surface area contributed by atoms with Crippen molar-refractivity contribution in [1.82, 2.24) is 15.2 Å². The van der Waals surface area contributed by atoms with E-state index in [1.807, 2.05) is 26.8 Å².